The average Bonchev–Trinajstić information content (AvgIpc) is 3.15. The zero-order chi connectivity index (χ0) is 18.7. The SMILES string of the molecule is O=C(NCc1ccco1)[C@@H]1CCCN(S(=O)(=O)c2ccc(F)c(Cl)c2)C1. The molecule has 3 rings (SSSR count). The fourth-order valence-corrected chi connectivity index (χ4v) is 4.69. The maximum atomic E-state index is 13.3. The van der Waals surface area contributed by atoms with Gasteiger partial charge in [-0.2, -0.15) is 4.31 Å². The van der Waals surface area contributed by atoms with Crippen LogP contribution in [-0.2, 0) is 21.4 Å². The van der Waals surface area contributed by atoms with Gasteiger partial charge in [-0.1, -0.05) is 11.6 Å². The summed E-state index contributed by atoms with van der Waals surface area (Å²) in [6.45, 7) is 0.628. The third-order valence-electron chi connectivity index (χ3n) is 4.30. The first-order chi connectivity index (χ1) is 12.4. The molecule has 0 spiro atoms. The number of sulfonamides is 1. The number of furan rings is 1. The Labute approximate surface area is 156 Å². The maximum Gasteiger partial charge on any atom is 0.243 e. The number of carbonyl (C=O) groups excluding carboxylic acids is 1. The van der Waals surface area contributed by atoms with E-state index in [1.165, 1.54) is 16.6 Å². The van der Waals surface area contributed by atoms with Crippen molar-refractivity contribution >= 4 is 27.5 Å². The van der Waals surface area contributed by atoms with Crippen LogP contribution in [0.15, 0.2) is 45.9 Å². The number of amides is 1. The van der Waals surface area contributed by atoms with Crippen LogP contribution in [0.2, 0.25) is 5.02 Å². The Balaban J connectivity index is 1.68. The molecule has 1 N–H and O–H groups in total. The molecule has 0 bridgehead atoms. The Morgan fingerprint density at radius 1 is 1.38 bits per heavy atom. The van der Waals surface area contributed by atoms with E-state index in [0.29, 0.717) is 25.1 Å². The van der Waals surface area contributed by atoms with Gasteiger partial charge in [0.05, 0.1) is 28.6 Å². The molecule has 0 radical (unpaired) electrons. The van der Waals surface area contributed by atoms with E-state index in [1.54, 1.807) is 12.1 Å². The van der Waals surface area contributed by atoms with E-state index in [1.807, 2.05) is 0 Å². The number of nitrogens with one attached hydrogen (secondary N) is 1. The van der Waals surface area contributed by atoms with E-state index in [-0.39, 0.29) is 28.9 Å². The van der Waals surface area contributed by atoms with Gasteiger partial charge in [-0.05, 0) is 43.2 Å². The molecular weight excluding hydrogens is 383 g/mol. The van der Waals surface area contributed by atoms with Gasteiger partial charge in [0.1, 0.15) is 11.6 Å². The van der Waals surface area contributed by atoms with E-state index in [4.69, 9.17) is 16.0 Å². The monoisotopic (exact) mass is 400 g/mol. The first-order valence-electron chi connectivity index (χ1n) is 8.13. The topological polar surface area (TPSA) is 79.6 Å². The predicted molar refractivity (Wildman–Crippen MR) is 93.4 cm³/mol. The van der Waals surface area contributed by atoms with Gasteiger partial charge in [0.15, 0.2) is 0 Å². The Hall–Kier alpha value is -1.90. The van der Waals surface area contributed by atoms with Crippen molar-refractivity contribution in [2.24, 2.45) is 5.92 Å². The number of benzene rings is 1. The van der Waals surface area contributed by atoms with Crippen LogP contribution in [0, 0.1) is 11.7 Å². The molecule has 26 heavy (non-hydrogen) atoms. The van der Waals surface area contributed by atoms with E-state index < -0.39 is 21.8 Å². The molecule has 6 nitrogen and oxygen atoms in total. The fraction of sp³-hybridized carbons (Fsp3) is 0.353. The van der Waals surface area contributed by atoms with Crippen molar-refractivity contribution < 1.29 is 22.0 Å². The van der Waals surface area contributed by atoms with E-state index in [2.05, 4.69) is 5.32 Å². The van der Waals surface area contributed by atoms with Gasteiger partial charge in [0.25, 0.3) is 0 Å². The second-order valence-electron chi connectivity index (χ2n) is 6.08. The lowest BCUT2D eigenvalue weighted by Gasteiger charge is -2.31. The molecule has 0 aliphatic carbocycles. The van der Waals surface area contributed by atoms with Gasteiger partial charge in [-0.3, -0.25) is 4.79 Å². The second kappa shape index (κ2) is 7.77. The Bertz CT molecular complexity index is 886. The molecule has 140 valence electrons. The minimum absolute atomic E-state index is 0.0708. The molecule has 2 heterocycles. The van der Waals surface area contributed by atoms with Gasteiger partial charge >= 0.3 is 0 Å². The largest absolute Gasteiger partial charge is 0.467 e. The van der Waals surface area contributed by atoms with Crippen molar-refractivity contribution in [1.29, 1.82) is 0 Å². The van der Waals surface area contributed by atoms with Crippen LogP contribution in [0.4, 0.5) is 4.39 Å². The van der Waals surface area contributed by atoms with Crippen LogP contribution in [0.3, 0.4) is 0 Å². The summed E-state index contributed by atoms with van der Waals surface area (Å²) < 4.78 is 45.2. The lowest BCUT2D eigenvalue weighted by Crippen LogP contribution is -2.45. The minimum atomic E-state index is -3.84. The maximum absolute atomic E-state index is 13.3. The highest BCUT2D eigenvalue weighted by Gasteiger charge is 2.33. The summed E-state index contributed by atoms with van der Waals surface area (Å²) in [5.74, 6) is -0.734. The highest BCUT2D eigenvalue weighted by molar-refractivity contribution is 7.89. The number of hydrogen-bond donors (Lipinski definition) is 1. The van der Waals surface area contributed by atoms with Gasteiger partial charge < -0.3 is 9.73 Å². The molecular formula is C17H18ClFN2O4S. The van der Waals surface area contributed by atoms with Crippen molar-refractivity contribution in [1.82, 2.24) is 9.62 Å². The van der Waals surface area contributed by atoms with Crippen LogP contribution < -0.4 is 5.32 Å². The zero-order valence-electron chi connectivity index (χ0n) is 13.8. The lowest BCUT2D eigenvalue weighted by atomic mass is 9.99. The van der Waals surface area contributed by atoms with Crippen molar-refractivity contribution in [2.45, 2.75) is 24.3 Å². The Morgan fingerprint density at radius 2 is 2.19 bits per heavy atom. The van der Waals surface area contributed by atoms with Gasteiger partial charge in [-0.15, -0.1) is 0 Å². The number of piperidine rings is 1. The smallest absolute Gasteiger partial charge is 0.243 e. The molecule has 1 aromatic carbocycles. The first kappa shape index (κ1) is 18.9. The van der Waals surface area contributed by atoms with Crippen LogP contribution in [-0.4, -0.2) is 31.7 Å². The van der Waals surface area contributed by atoms with Crippen LogP contribution in [0.1, 0.15) is 18.6 Å². The highest BCUT2D eigenvalue weighted by atomic mass is 35.5. The molecule has 1 fully saturated rings. The molecule has 1 atom stereocenters. The van der Waals surface area contributed by atoms with Crippen molar-refractivity contribution in [3.05, 3.63) is 53.2 Å². The molecule has 1 aliphatic heterocycles. The number of hydrogen-bond acceptors (Lipinski definition) is 4. The number of rotatable bonds is 5. The van der Waals surface area contributed by atoms with E-state index in [9.17, 15) is 17.6 Å². The van der Waals surface area contributed by atoms with Crippen LogP contribution in [0.5, 0.6) is 0 Å². The highest BCUT2D eigenvalue weighted by Crippen LogP contribution is 2.26. The number of halogens is 2. The van der Waals surface area contributed by atoms with E-state index >= 15 is 0 Å². The molecule has 2 aromatic rings. The average molecular weight is 401 g/mol. The van der Waals surface area contributed by atoms with Crippen LogP contribution >= 0.6 is 11.6 Å². The summed E-state index contributed by atoms with van der Waals surface area (Å²) in [6.07, 6.45) is 2.68. The predicted octanol–water partition coefficient (Wildman–Crippen LogP) is 2.79. The summed E-state index contributed by atoms with van der Waals surface area (Å²) in [7, 11) is -3.84. The summed E-state index contributed by atoms with van der Waals surface area (Å²) in [5, 5.41) is 2.50. The molecule has 0 saturated carbocycles. The molecule has 1 amide bonds. The summed E-state index contributed by atoms with van der Waals surface area (Å²) in [4.78, 5) is 12.3. The van der Waals surface area contributed by atoms with Crippen molar-refractivity contribution in [2.75, 3.05) is 13.1 Å². The molecule has 1 aromatic heterocycles. The third kappa shape index (κ3) is 4.08. The van der Waals surface area contributed by atoms with Gasteiger partial charge in [-0.25, -0.2) is 12.8 Å². The molecule has 1 aliphatic rings. The normalized spacial score (nSPS) is 18.6. The minimum Gasteiger partial charge on any atom is -0.467 e. The lowest BCUT2D eigenvalue weighted by molar-refractivity contribution is -0.126. The molecule has 1 saturated heterocycles. The second-order valence-corrected chi connectivity index (χ2v) is 8.42. The number of nitrogens with zero attached hydrogens (tertiary/aromatic N) is 1. The van der Waals surface area contributed by atoms with E-state index in [0.717, 1.165) is 12.1 Å². The molecule has 9 heteroatoms. The van der Waals surface area contributed by atoms with Crippen molar-refractivity contribution in [3.63, 3.8) is 0 Å². The van der Waals surface area contributed by atoms with Gasteiger partial charge in [0.2, 0.25) is 15.9 Å². The van der Waals surface area contributed by atoms with Crippen molar-refractivity contribution in [3.8, 4) is 0 Å². The summed E-state index contributed by atoms with van der Waals surface area (Å²) >= 11 is 5.70. The summed E-state index contributed by atoms with van der Waals surface area (Å²) in [6, 6.07) is 6.76. The summed E-state index contributed by atoms with van der Waals surface area (Å²) in [5.41, 5.74) is 0. The standard InChI is InChI=1S/C17H18ClFN2O4S/c18-15-9-14(5-6-16(15)19)26(23,24)21-7-1-3-12(11-21)17(22)20-10-13-4-2-8-25-13/h2,4-6,8-9,12H,1,3,7,10-11H2,(H,20,22)/t12-/m1/s1. The third-order valence-corrected chi connectivity index (χ3v) is 6.45. The molecule has 0 unspecified atom stereocenters. The van der Waals surface area contributed by atoms with Crippen LogP contribution in [0.25, 0.3) is 0 Å². The number of carbonyl (C=O) groups is 1. The first-order valence-corrected chi connectivity index (χ1v) is 9.95. The zero-order valence-corrected chi connectivity index (χ0v) is 15.4. The quantitative estimate of drug-likeness (QED) is 0.836. The van der Waals surface area contributed by atoms with Gasteiger partial charge in [0, 0.05) is 13.1 Å². The Kier molecular flexibility index (Phi) is 5.64. The Morgan fingerprint density at radius 3 is 2.88 bits per heavy atom. The fourth-order valence-electron chi connectivity index (χ4n) is 2.89.